The topological polar surface area (TPSA) is 52.6 Å². The van der Waals surface area contributed by atoms with E-state index in [0.29, 0.717) is 11.3 Å². The van der Waals surface area contributed by atoms with Crippen molar-refractivity contribution in [2.45, 2.75) is 6.92 Å². The highest BCUT2D eigenvalue weighted by Crippen LogP contribution is 2.21. The number of amides is 1. The Hall–Kier alpha value is -2.49. The van der Waals surface area contributed by atoms with Crippen molar-refractivity contribution in [2.75, 3.05) is 24.3 Å². The van der Waals surface area contributed by atoms with Crippen LogP contribution in [0.4, 0.5) is 11.4 Å². The Bertz CT molecular complexity index is 636. The van der Waals surface area contributed by atoms with Gasteiger partial charge in [0.1, 0.15) is 5.75 Å². The van der Waals surface area contributed by atoms with Crippen LogP contribution in [-0.4, -0.2) is 25.1 Å². The summed E-state index contributed by atoms with van der Waals surface area (Å²) < 4.78 is 0. The Kier molecular flexibility index (Phi) is 3.94. The third-order valence-corrected chi connectivity index (χ3v) is 3.08. The number of hydrogen-bond acceptors (Lipinski definition) is 3. The summed E-state index contributed by atoms with van der Waals surface area (Å²) in [5.74, 6) is 0.0255. The van der Waals surface area contributed by atoms with Crippen LogP contribution < -0.4 is 10.2 Å². The van der Waals surface area contributed by atoms with Gasteiger partial charge in [0.05, 0.1) is 0 Å². The maximum Gasteiger partial charge on any atom is 0.255 e. The second kappa shape index (κ2) is 5.65. The number of anilines is 2. The van der Waals surface area contributed by atoms with Crippen LogP contribution in [0.3, 0.4) is 0 Å². The van der Waals surface area contributed by atoms with E-state index in [4.69, 9.17) is 0 Å². The van der Waals surface area contributed by atoms with E-state index >= 15 is 0 Å². The minimum absolute atomic E-state index is 0.164. The molecule has 104 valence electrons. The van der Waals surface area contributed by atoms with Gasteiger partial charge in [0.25, 0.3) is 5.91 Å². The lowest BCUT2D eigenvalue weighted by molar-refractivity contribution is 0.102. The first-order valence-electron chi connectivity index (χ1n) is 6.36. The van der Waals surface area contributed by atoms with Gasteiger partial charge in [0, 0.05) is 31.0 Å². The zero-order chi connectivity index (χ0) is 14.7. The van der Waals surface area contributed by atoms with Crippen LogP contribution in [0.25, 0.3) is 0 Å². The molecule has 2 aromatic rings. The van der Waals surface area contributed by atoms with Crippen molar-refractivity contribution in [1.29, 1.82) is 0 Å². The zero-order valence-electron chi connectivity index (χ0n) is 11.8. The number of carbonyl (C=O) groups excluding carboxylic acids is 1. The van der Waals surface area contributed by atoms with Crippen molar-refractivity contribution in [2.24, 2.45) is 0 Å². The molecule has 0 aliphatic heterocycles. The molecule has 2 rings (SSSR count). The molecule has 0 bridgehead atoms. The first-order valence-corrected chi connectivity index (χ1v) is 6.36. The number of carbonyl (C=O) groups is 1. The van der Waals surface area contributed by atoms with Gasteiger partial charge in [-0.15, -0.1) is 0 Å². The Balaban J connectivity index is 2.21. The van der Waals surface area contributed by atoms with Crippen molar-refractivity contribution in [1.82, 2.24) is 0 Å². The second-order valence-electron chi connectivity index (χ2n) is 4.90. The number of phenolic OH excluding ortho intramolecular Hbond substituents is 1. The number of aromatic hydroxyl groups is 1. The summed E-state index contributed by atoms with van der Waals surface area (Å²) in [5.41, 5.74) is 3.09. The summed E-state index contributed by atoms with van der Waals surface area (Å²) in [4.78, 5) is 14.2. The van der Waals surface area contributed by atoms with Crippen LogP contribution in [0.1, 0.15) is 15.9 Å². The van der Waals surface area contributed by atoms with E-state index in [1.54, 1.807) is 24.3 Å². The van der Waals surface area contributed by atoms with Crippen molar-refractivity contribution in [3.63, 3.8) is 0 Å². The van der Waals surface area contributed by atoms with Gasteiger partial charge in [0.15, 0.2) is 0 Å². The number of hydrogen-bond donors (Lipinski definition) is 2. The van der Waals surface area contributed by atoms with Gasteiger partial charge in [-0.05, 0) is 48.9 Å². The summed E-state index contributed by atoms with van der Waals surface area (Å²) >= 11 is 0. The van der Waals surface area contributed by atoms with Gasteiger partial charge in [-0.3, -0.25) is 4.79 Å². The molecule has 0 saturated heterocycles. The average Bonchev–Trinajstić information content (AvgIpc) is 2.42. The normalized spacial score (nSPS) is 10.2. The van der Waals surface area contributed by atoms with E-state index < -0.39 is 0 Å². The monoisotopic (exact) mass is 270 g/mol. The highest BCUT2D eigenvalue weighted by atomic mass is 16.3. The molecule has 1 amide bonds. The molecule has 0 aliphatic rings. The first-order chi connectivity index (χ1) is 9.47. The smallest absolute Gasteiger partial charge is 0.255 e. The molecule has 4 heteroatoms. The maximum atomic E-state index is 12.2. The molecular weight excluding hydrogens is 252 g/mol. The molecule has 0 aliphatic carbocycles. The molecule has 0 atom stereocenters. The SMILES string of the molecule is Cc1cc(O)ccc1NC(=O)c1cccc(N(C)C)c1. The molecule has 0 heterocycles. The highest BCUT2D eigenvalue weighted by Gasteiger charge is 2.09. The quantitative estimate of drug-likeness (QED) is 0.843. The second-order valence-corrected chi connectivity index (χ2v) is 4.90. The van der Waals surface area contributed by atoms with Gasteiger partial charge in [-0.25, -0.2) is 0 Å². The zero-order valence-corrected chi connectivity index (χ0v) is 11.8. The third kappa shape index (κ3) is 3.09. The molecule has 2 N–H and O–H groups in total. The molecule has 4 nitrogen and oxygen atoms in total. The fourth-order valence-corrected chi connectivity index (χ4v) is 1.91. The van der Waals surface area contributed by atoms with Crippen LogP contribution in [0.15, 0.2) is 42.5 Å². The summed E-state index contributed by atoms with van der Waals surface area (Å²) in [6.07, 6.45) is 0. The van der Waals surface area contributed by atoms with Crippen molar-refractivity contribution >= 4 is 17.3 Å². The molecule has 20 heavy (non-hydrogen) atoms. The Labute approximate surface area is 118 Å². The van der Waals surface area contributed by atoms with Crippen LogP contribution in [-0.2, 0) is 0 Å². The van der Waals surface area contributed by atoms with Crippen molar-refractivity contribution in [3.05, 3.63) is 53.6 Å². The largest absolute Gasteiger partial charge is 0.508 e. The van der Waals surface area contributed by atoms with Gasteiger partial charge in [-0.2, -0.15) is 0 Å². The van der Waals surface area contributed by atoms with Crippen molar-refractivity contribution < 1.29 is 9.90 Å². The first kappa shape index (κ1) is 13.9. The molecule has 0 saturated carbocycles. The average molecular weight is 270 g/mol. The number of benzene rings is 2. The Morgan fingerprint density at radius 1 is 1.15 bits per heavy atom. The summed E-state index contributed by atoms with van der Waals surface area (Å²) in [5, 5.41) is 12.2. The molecule has 0 fully saturated rings. The number of nitrogens with zero attached hydrogens (tertiary/aromatic N) is 1. The number of rotatable bonds is 3. The van der Waals surface area contributed by atoms with Crippen LogP contribution in [0, 0.1) is 6.92 Å². The van der Waals surface area contributed by atoms with E-state index in [1.165, 1.54) is 0 Å². The van der Waals surface area contributed by atoms with Gasteiger partial charge >= 0.3 is 0 Å². The summed E-state index contributed by atoms with van der Waals surface area (Å²) in [7, 11) is 3.86. The van der Waals surface area contributed by atoms with E-state index in [2.05, 4.69) is 5.32 Å². The lowest BCUT2D eigenvalue weighted by atomic mass is 10.1. The fraction of sp³-hybridized carbons (Fsp3) is 0.188. The standard InChI is InChI=1S/C16H18N2O2/c1-11-9-14(19)7-8-15(11)17-16(20)12-5-4-6-13(10-12)18(2)3/h4-10,19H,1-3H3,(H,17,20). The number of nitrogens with one attached hydrogen (secondary N) is 1. The Morgan fingerprint density at radius 3 is 2.55 bits per heavy atom. The van der Waals surface area contributed by atoms with E-state index in [9.17, 15) is 9.90 Å². The van der Waals surface area contributed by atoms with E-state index in [-0.39, 0.29) is 11.7 Å². The van der Waals surface area contributed by atoms with Crippen LogP contribution in [0.2, 0.25) is 0 Å². The molecular formula is C16H18N2O2. The lowest BCUT2D eigenvalue weighted by Gasteiger charge is -2.14. The Morgan fingerprint density at radius 2 is 1.90 bits per heavy atom. The predicted molar refractivity (Wildman–Crippen MR) is 81.6 cm³/mol. The van der Waals surface area contributed by atoms with Crippen LogP contribution >= 0.6 is 0 Å². The molecule has 2 aromatic carbocycles. The van der Waals surface area contributed by atoms with Gasteiger partial charge < -0.3 is 15.3 Å². The fourth-order valence-electron chi connectivity index (χ4n) is 1.91. The number of phenols is 1. The van der Waals surface area contributed by atoms with Gasteiger partial charge in [-0.1, -0.05) is 6.07 Å². The van der Waals surface area contributed by atoms with Crippen LogP contribution in [0.5, 0.6) is 5.75 Å². The number of aryl methyl sites for hydroxylation is 1. The van der Waals surface area contributed by atoms with Gasteiger partial charge in [0.2, 0.25) is 0 Å². The third-order valence-electron chi connectivity index (χ3n) is 3.08. The predicted octanol–water partition coefficient (Wildman–Crippen LogP) is 3.02. The maximum absolute atomic E-state index is 12.2. The molecule has 0 spiro atoms. The minimum Gasteiger partial charge on any atom is -0.508 e. The lowest BCUT2D eigenvalue weighted by Crippen LogP contribution is -2.14. The summed E-state index contributed by atoms with van der Waals surface area (Å²) in [6, 6.07) is 12.3. The van der Waals surface area contributed by atoms with E-state index in [0.717, 1.165) is 11.3 Å². The molecule has 0 aromatic heterocycles. The summed E-state index contributed by atoms with van der Waals surface area (Å²) in [6.45, 7) is 1.84. The molecule has 0 unspecified atom stereocenters. The minimum atomic E-state index is -0.164. The van der Waals surface area contributed by atoms with E-state index in [1.807, 2.05) is 44.1 Å². The van der Waals surface area contributed by atoms with Crippen molar-refractivity contribution in [3.8, 4) is 5.75 Å². The molecule has 0 radical (unpaired) electrons. The highest BCUT2D eigenvalue weighted by molar-refractivity contribution is 6.05.